The van der Waals surface area contributed by atoms with Crippen molar-refractivity contribution < 1.29 is 18.0 Å². The summed E-state index contributed by atoms with van der Waals surface area (Å²) in [7, 11) is 0. The molecule has 1 heterocycles. The lowest BCUT2D eigenvalue weighted by atomic mass is 10.1. The Kier molecular flexibility index (Phi) is 5.26. The third kappa shape index (κ3) is 4.12. The van der Waals surface area contributed by atoms with Crippen molar-refractivity contribution in [3.8, 4) is 0 Å². The van der Waals surface area contributed by atoms with E-state index in [1.54, 1.807) is 32.0 Å². The molecule has 1 amide bonds. The van der Waals surface area contributed by atoms with E-state index < -0.39 is 30.7 Å². The van der Waals surface area contributed by atoms with Crippen molar-refractivity contribution >= 4 is 16.8 Å². The average molecular weight is 341 g/mol. The van der Waals surface area contributed by atoms with E-state index in [4.69, 9.17) is 0 Å². The van der Waals surface area contributed by atoms with Crippen LogP contribution in [0.3, 0.4) is 0 Å². The van der Waals surface area contributed by atoms with Crippen LogP contribution in [0, 0.1) is 6.92 Å². The van der Waals surface area contributed by atoms with Crippen LogP contribution in [0.5, 0.6) is 0 Å². The van der Waals surface area contributed by atoms with Crippen LogP contribution in [0.25, 0.3) is 10.9 Å². The number of alkyl halides is 3. The van der Waals surface area contributed by atoms with Crippen molar-refractivity contribution in [2.45, 2.75) is 33.0 Å². The number of hydrogen-bond acceptors (Lipinski definition) is 3. The first-order valence-electron chi connectivity index (χ1n) is 7.52. The highest BCUT2D eigenvalue weighted by Crippen LogP contribution is 2.17. The molecule has 1 aromatic carbocycles. The molecule has 24 heavy (non-hydrogen) atoms. The monoisotopic (exact) mass is 341 g/mol. The minimum atomic E-state index is -4.48. The Bertz CT molecular complexity index is 799. The quantitative estimate of drug-likeness (QED) is 0.840. The van der Waals surface area contributed by atoms with Gasteiger partial charge in [0.05, 0.1) is 17.2 Å². The summed E-state index contributed by atoms with van der Waals surface area (Å²) in [6, 6.07) is 5.08. The highest BCUT2D eigenvalue weighted by Gasteiger charge is 2.32. The van der Waals surface area contributed by atoms with Crippen molar-refractivity contribution in [3.63, 3.8) is 0 Å². The second kappa shape index (κ2) is 7.02. The van der Waals surface area contributed by atoms with Crippen LogP contribution in [0.4, 0.5) is 13.2 Å². The zero-order chi connectivity index (χ0) is 17.9. The predicted molar refractivity (Wildman–Crippen MR) is 83.7 cm³/mol. The Morgan fingerprint density at radius 2 is 2.04 bits per heavy atom. The number of carbonyl (C=O) groups is 1. The Morgan fingerprint density at radius 1 is 1.33 bits per heavy atom. The number of benzene rings is 1. The van der Waals surface area contributed by atoms with Crippen LogP contribution in [0.1, 0.15) is 18.9 Å². The topological polar surface area (TPSA) is 55.2 Å². The summed E-state index contributed by atoms with van der Waals surface area (Å²) in [5, 5.41) is 0.336. The first kappa shape index (κ1) is 18.0. The zero-order valence-corrected chi connectivity index (χ0v) is 13.4. The van der Waals surface area contributed by atoms with E-state index in [9.17, 15) is 22.8 Å². The van der Waals surface area contributed by atoms with Crippen LogP contribution >= 0.6 is 0 Å². The molecule has 0 N–H and O–H groups in total. The van der Waals surface area contributed by atoms with Crippen LogP contribution in [0.2, 0.25) is 0 Å². The van der Waals surface area contributed by atoms with Gasteiger partial charge in [0.2, 0.25) is 5.91 Å². The minimum absolute atomic E-state index is 0.0206. The number of halogens is 3. The van der Waals surface area contributed by atoms with Gasteiger partial charge in [-0.1, -0.05) is 19.1 Å². The molecule has 1 aromatic heterocycles. The molecule has 0 saturated heterocycles. The lowest BCUT2D eigenvalue weighted by Gasteiger charge is -2.23. The maximum Gasteiger partial charge on any atom is 0.406 e. The molecule has 0 aliphatic rings. The summed E-state index contributed by atoms with van der Waals surface area (Å²) in [5.41, 5.74) is 0.889. The maximum atomic E-state index is 12.6. The second-order valence-electron chi connectivity index (χ2n) is 5.58. The van der Waals surface area contributed by atoms with Gasteiger partial charge in [-0.3, -0.25) is 14.2 Å². The molecule has 2 rings (SSSR count). The number of fused-ring (bicyclic) bond motifs is 1. The van der Waals surface area contributed by atoms with Crippen molar-refractivity contribution in [2.24, 2.45) is 0 Å². The van der Waals surface area contributed by atoms with Gasteiger partial charge >= 0.3 is 6.18 Å². The molecular weight excluding hydrogens is 323 g/mol. The summed E-state index contributed by atoms with van der Waals surface area (Å²) in [5.74, 6) is -0.759. The van der Waals surface area contributed by atoms with E-state index in [1.165, 1.54) is 6.33 Å². The first-order chi connectivity index (χ1) is 11.2. The van der Waals surface area contributed by atoms with E-state index in [0.29, 0.717) is 22.2 Å². The number of aryl methyl sites for hydroxylation is 1. The van der Waals surface area contributed by atoms with Crippen LogP contribution < -0.4 is 5.56 Å². The fourth-order valence-corrected chi connectivity index (χ4v) is 2.47. The van der Waals surface area contributed by atoms with Crippen molar-refractivity contribution in [3.05, 3.63) is 40.4 Å². The largest absolute Gasteiger partial charge is 0.406 e. The number of para-hydroxylation sites is 1. The molecule has 0 radical (unpaired) electrons. The fourth-order valence-electron chi connectivity index (χ4n) is 2.47. The molecule has 130 valence electrons. The van der Waals surface area contributed by atoms with E-state index >= 15 is 0 Å². The lowest BCUT2D eigenvalue weighted by molar-refractivity contribution is -0.161. The Hall–Kier alpha value is -2.38. The average Bonchev–Trinajstić information content (AvgIpc) is 2.49. The summed E-state index contributed by atoms with van der Waals surface area (Å²) in [4.78, 5) is 29.4. The van der Waals surface area contributed by atoms with Gasteiger partial charge < -0.3 is 4.90 Å². The molecule has 0 bridgehead atoms. The summed E-state index contributed by atoms with van der Waals surface area (Å²) in [6.45, 7) is 1.67. The fraction of sp³-hybridized carbons (Fsp3) is 0.438. The SMILES string of the molecule is CCCN(CC(F)(F)F)C(=O)Cn1cnc2c(C)cccc2c1=O. The minimum Gasteiger partial charge on any atom is -0.332 e. The Labute approximate surface area is 136 Å². The smallest absolute Gasteiger partial charge is 0.332 e. The molecule has 0 aliphatic carbocycles. The zero-order valence-electron chi connectivity index (χ0n) is 13.4. The predicted octanol–water partition coefficient (Wildman–Crippen LogP) is 2.51. The van der Waals surface area contributed by atoms with Gasteiger partial charge in [0, 0.05) is 6.54 Å². The molecule has 0 unspecified atom stereocenters. The number of aromatic nitrogens is 2. The van der Waals surface area contributed by atoms with Gasteiger partial charge in [-0.25, -0.2) is 4.98 Å². The maximum absolute atomic E-state index is 12.6. The van der Waals surface area contributed by atoms with Crippen LogP contribution in [0.15, 0.2) is 29.3 Å². The number of nitrogens with zero attached hydrogens (tertiary/aromatic N) is 3. The molecule has 8 heteroatoms. The molecule has 0 atom stereocenters. The summed E-state index contributed by atoms with van der Waals surface area (Å²) in [6.07, 6.45) is -2.88. The Morgan fingerprint density at radius 3 is 2.67 bits per heavy atom. The van der Waals surface area contributed by atoms with Gasteiger partial charge in [0.1, 0.15) is 13.1 Å². The second-order valence-corrected chi connectivity index (χ2v) is 5.58. The van der Waals surface area contributed by atoms with Crippen LogP contribution in [-0.2, 0) is 11.3 Å². The standard InChI is InChI=1S/C16H18F3N3O2/c1-3-7-21(9-16(17,18)19)13(23)8-22-10-20-14-11(2)5-4-6-12(14)15(22)24/h4-6,10H,3,7-9H2,1-2H3. The van der Waals surface area contributed by atoms with Crippen molar-refractivity contribution in [1.29, 1.82) is 0 Å². The first-order valence-corrected chi connectivity index (χ1v) is 7.52. The number of rotatable bonds is 5. The van der Waals surface area contributed by atoms with Gasteiger partial charge in [-0.2, -0.15) is 13.2 Å². The van der Waals surface area contributed by atoms with E-state index in [-0.39, 0.29) is 6.54 Å². The highest BCUT2D eigenvalue weighted by atomic mass is 19.4. The van der Waals surface area contributed by atoms with E-state index in [2.05, 4.69) is 4.98 Å². The molecule has 0 aliphatic heterocycles. The van der Waals surface area contributed by atoms with Gasteiger partial charge in [0.25, 0.3) is 5.56 Å². The third-order valence-electron chi connectivity index (χ3n) is 3.58. The van der Waals surface area contributed by atoms with Crippen LogP contribution in [-0.4, -0.2) is 39.6 Å². The van der Waals surface area contributed by atoms with Gasteiger partial charge in [0.15, 0.2) is 0 Å². The third-order valence-corrected chi connectivity index (χ3v) is 3.58. The molecule has 0 saturated carbocycles. The van der Waals surface area contributed by atoms with Crippen molar-refractivity contribution in [2.75, 3.05) is 13.1 Å². The normalized spacial score (nSPS) is 11.7. The van der Waals surface area contributed by atoms with Gasteiger partial charge in [-0.15, -0.1) is 0 Å². The van der Waals surface area contributed by atoms with E-state index in [1.807, 2.05) is 0 Å². The molecular formula is C16H18F3N3O2. The van der Waals surface area contributed by atoms with Gasteiger partial charge in [-0.05, 0) is 25.0 Å². The van der Waals surface area contributed by atoms with E-state index in [0.717, 1.165) is 10.1 Å². The molecule has 5 nitrogen and oxygen atoms in total. The van der Waals surface area contributed by atoms with Crippen molar-refractivity contribution in [1.82, 2.24) is 14.5 Å². The Balaban J connectivity index is 2.29. The number of amides is 1. The highest BCUT2D eigenvalue weighted by molar-refractivity contribution is 5.81. The number of carbonyl (C=O) groups excluding carboxylic acids is 1. The lowest BCUT2D eigenvalue weighted by Crippen LogP contribution is -2.42. The summed E-state index contributed by atoms with van der Waals surface area (Å²) < 4.78 is 38.8. The number of hydrogen-bond donors (Lipinski definition) is 0. The summed E-state index contributed by atoms with van der Waals surface area (Å²) >= 11 is 0. The molecule has 0 fully saturated rings. The molecule has 2 aromatic rings. The molecule has 0 spiro atoms.